The highest BCUT2D eigenvalue weighted by Gasteiger charge is 2.08. The van der Waals surface area contributed by atoms with Gasteiger partial charge >= 0.3 is 5.97 Å². The second-order valence-electron chi connectivity index (χ2n) is 3.74. The van der Waals surface area contributed by atoms with E-state index >= 15 is 0 Å². The molecule has 1 aliphatic rings. The molecule has 1 aliphatic heterocycles. The standard InChI is InChI=1S/C6H14N2.C5H5NO2/c7-3-6-8-4-1-2-5-8;7-5(8)4-1-2-6-3-4/h1-7H2;1-3,6H,(H,7,8). The Labute approximate surface area is 95.3 Å². The number of nitrogens with one attached hydrogen (secondary N) is 1. The Hall–Kier alpha value is -1.33. The molecule has 0 radical (unpaired) electrons. The predicted octanol–water partition coefficient (Wildman–Crippen LogP) is 0.754. The monoisotopic (exact) mass is 225 g/mol. The van der Waals surface area contributed by atoms with Gasteiger partial charge in [0.1, 0.15) is 0 Å². The third kappa shape index (κ3) is 4.46. The summed E-state index contributed by atoms with van der Waals surface area (Å²) >= 11 is 0. The Kier molecular flexibility index (Phi) is 5.60. The maximum Gasteiger partial charge on any atom is 0.337 e. The minimum Gasteiger partial charge on any atom is -0.478 e. The van der Waals surface area contributed by atoms with Crippen LogP contribution in [0, 0.1) is 0 Å². The Bertz CT molecular complexity index is 292. The molecule has 0 amide bonds. The lowest BCUT2D eigenvalue weighted by molar-refractivity contribution is 0.0697. The molecule has 2 rings (SSSR count). The fourth-order valence-electron chi connectivity index (χ4n) is 1.65. The lowest BCUT2D eigenvalue weighted by Gasteiger charge is -2.11. The predicted molar refractivity (Wildman–Crippen MR) is 62.5 cm³/mol. The molecule has 5 nitrogen and oxygen atoms in total. The molecule has 0 unspecified atom stereocenters. The first-order valence-corrected chi connectivity index (χ1v) is 5.52. The number of carboxylic acids is 1. The summed E-state index contributed by atoms with van der Waals surface area (Å²) in [5, 5.41) is 8.25. The third-order valence-corrected chi connectivity index (χ3v) is 2.49. The second-order valence-corrected chi connectivity index (χ2v) is 3.74. The van der Waals surface area contributed by atoms with E-state index < -0.39 is 5.97 Å². The number of hydrogen-bond acceptors (Lipinski definition) is 3. The first kappa shape index (κ1) is 12.7. The van der Waals surface area contributed by atoms with E-state index in [1.807, 2.05) is 0 Å². The van der Waals surface area contributed by atoms with E-state index in [0.717, 1.165) is 13.1 Å². The number of nitrogens with zero attached hydrogens (tertiary/aromatic N) is 1. The minimum atomic E-state index is -0.897. The number of H-pyrrole nitrogens is 1. The Balaban J connectivity index is 0.000000160. The van der Waals surface area contributed by atoms with Crippen LogP contribution in [0.25, 0.3) is 0 Å². The van der Waals surface area contributed by atoms with Crippen LogP contribution in [0.1, 0.15) is 23.2 Å². The van der Waals surface area contributed by atoms with E-state index in [9.17, 15) is 4.79 Å². The first-order chi connectivity index (χ1) is 7.74. The molecule has 5 heteroatoms. The highest BCUT2D eigenvalue weighted by Crippen LogP contribution is 2.04. The van der Waals surface area contributed by atoms with E-state index in [-0.39, 0.29) is 0 Å². The topological polar surface area (TPSA) is 82.3 Å². The van der Waals surface area contributed by atoms with Gasteiger partial charge in [-0.25, -0.2) is 4.79 Å². The SMILES string of the molecule is NCCN1CCCC1.O=C(O)c1cc[nH]c1. The maximum absolute atomic E-state index is 10.0. The number of rotatable bonds is 3. The van der Waals surface area contributed by atoms with Crippen LogP contribution in [-0.4, -0.2) is 47.1 Å². The number of hydrogen-bond donors (Lipinski definition) is 3. The van der Waals surface area contributed by atoms with Gasteiger partial charge in [-0.2, -0.15) is 0 Å². The van der Waals surface area contributed by atoms with Crippen molar-refractivity contribution in [2.45, 2.75) is 12.8 Å². The average Bonchev–Trinajstić information content (AvgIpc) is 2.91. The first-order valence-electron chi connectivity index (χ1n) is 5.52. The molecular formula is C11H19N3O2. The van der Waals surface area contributed by atoms with Gasteiger partial charge in [0.15, 0.2) is 0 Å². The van der Waals surface area contributed by atoms with E-state index in [2.05, 4.69) is 9.88 Å². The molecule has 0 bridgehead atoms. The van der Waals surface area contributed by atoms with E-state index in [0.29, 0.717) is 5.56 Å². The molecule has 1 saturated heterocycles. The highest BCUT2D eigenvalue weighted by atomic mass is 16.4. The number of aromatic amines is 1. The van der Waals surface area contributed by atoms with Crippen molar-refractivity contribution >= 4 is 5.97 Å². The van der Waals surface area contributed by atoms with Crippen LogP contribution in [0.15, 0.2) is 18.5 Å². The molecule has 1 fully saturated rings. The summed E-state index contributed by atoms with van der Waals surface area (Å²) in [6.45, 7) is 4.47. The van der Waals surface area contributed by atoms with Crippen molar-refractivity contribution in [2.24, 2.45) is 5.73 Å². The molecule has 1 aromatic heterocycles. The zero-order valence-electron chi connectivity index (χ0n) is 9.35. The van der Waals surface area contributed by atoms with Gasteiger partial charge in [-0.15, -0.1) is 0 Å². The van der Waals surface area contributed by atoms with Crippen molar-refractivity contribution in [2.75, 3.05) is 26.2 Å². The van der Waals surface area contributed by atoms with Gasteiger partial charge in [-0.1, -0.05) is 0 Å². The average molecular weight is 225 g/mol. The van der Waals surface area contributed by atoms with Crippen LogP contribution in [-0.2, 0) is 0 Å². The molecule has 1 aromatic rings. The van der Waals surface area contributed by atoms with E-state index in [1.54, 1.807) is 6.20 Å². The van der Waals surface area contributed by atoms with E-state index in [1.165, 1.54) is 38.2 Å². The Morgan fingerprint density at radius 3 is 2.56 bits per heavy atom. The second kappa shape index (κ2) is 7.03. The van der Waals surface area contributed by atoms with Crippen molar-refractivity contribution in [3.05, 3.63) is 24.0 Å². The summed E-state index contributed by atoms with van der Waals surface area (Å²) in [6, 6.07) is 1.50. The summed E-state index contributed by atoms with van der Waals surface area (Å²) in [5.41, 5.74) is 5.66. The highest BCUT2D eigenvalue weighted by molar-refractivity contribution is 5.87. The summed E-state index contributed by atoms with van der Waals surface area (Å²) in [4.78, 5) is 15.1. The summed E-state index contributed by atoms with van der Waals surface area (Å²) in [7, 11) is 0. The number of nitrogens with two attached hydrogens (primary N) is 1. The Morgan fingerprint density at radius 2 is 2.19 bits per heavy atom. The Morgan fingerprint density at radius 1 is 1.50 bits per heavy atom. The zero-order valence-corrected chi connectivity index (χ0v) is 9.35. The van der Waals surface area contributed by atoms with Crippen LogP contribution in [0.5, 0.6) is 0 Å². The quantitative estimate of drug-likeness (QED) is 0.709. The van der Waals surface area contributed by atoms with Gasteiger partial charge in [0.05, 0.1) is 5.56 Å². The number of carbonyl (C=O) groups is 1. The van der Waals surface area contributed by atoms with Crippen LogP contribution in [0.2, 0.25) is 0 Å². The van der Waals surface area contributed by atoms with Crippen molar-refractivity contribution in [1.29, 1.82) is 0 Å². The number of aromatic nitrogens is 1. The van der Waals surface area contributed by atoms with Crippen LogP contribution >= 0.6 is 0 Å². The largest absolute Gasteiger partial charge is 0.478 e. The molecule has 0 spiro atoms. The molecule has 0 aliphatic carbocycles. The van der Waals surface area contributed by atoms with Gasteiger partial charge < -0.3 is 20.7 Å². The van der Waals surface area contributed by atoms with Crippen molar-refractivity contribution in [1.82, 2.24) is 9.88 Å². The lowest BCUT2D eigenvalue weighted by Crippen LogP contribution is -2.26. The lowest BCUT2D eigenvalue weighted by atomic mass is 10.4. The molecule has 0 atom stereocenters. The fourth-order valence-corrected chi connectivity index (χ4v) is 1.65. The van der Waals surface area contributed by atoms with Crippen molar-refractivity contribution in [3.8, 4) is 0 Å². The smallest absolute Gasteiger partial charge is 0.337 e. The normalized spacial score (nSPS) is 15.6. The minimum absolute atomic E-state index is 0.296. The molecular weight excluding hydrogens is 206 g/mol. The maximum atomic E-state index is 10.0. The van der Waals surface area contributed by atoms with Gasteiger partial charge in [0.2, 0.25) is 0 Å². The molecule has 16 heavy (non-hydrogen) atoms. The number of carboxylic acid groups (broad SMARTS) is 1. The summed E-state index contributed by atoms with van der Waals surface area (Å²) < 4.78 is 0. The molecule has 90 valence electrons. The molecule has 4 N–H and O–H groups in total. The van der Waals surface area contributed by atoms with Gasteiger partial charge in [0.25, 0.3) is 0 Å². The van der Waals surface area contributed by atoms with Crippen LogP contribution in [0.4, 0.5) is 0 Å². The van der Waals surface area contributed by atoms with Crippen molar-refractivity contribution < 1.29 is 9.90 Å². The van der Waals surface area contributed by atoms with Gasteiger partial charge in [-0.3, -0.25) is 0 Å². The zero-order chi connectivity index (χ0) is 11.8. The van der Waals surface area contributed by atoms with Gasteiger partial charge in [0, 0.05) is 25.5 Å². The van der Waals surface area contributed by atoms with E-state index in [4.69, 9.17) is 10.8 Å². The van der Waals surface area contributed by atoms with Crippen molar-refractivity contribution in [3.63, 3.8) is 0 Å². The summed E-state index contributed by atoms with van der Waals surface area (Å²) in [6.07, 6.45) is 5.76. The fraction of sp³-hybridized carbons (Fsp3) is 0.545. The third-order valence-electron chi connectivity index (χ3n) is 2.49. The molecule has 0 saturated carbocycles. The number of likely N-dealkylation sites (tertiary alicyclic amines) is 1. The van der Waals surface area contributed by atoms with Gasteiger partial charge in [-0.05, 0) is 32.0 Å². The molecule has 2 heterocycles. The number of aromatic carboxylic acids is 1. The molecule has 0 aromatic carbocycles. The van der Waals surface area contributed by atoms with Crippen LogP contribution < -0.4 is 5.73 Å². The van der Waals surface area contributed by atoms with Crippen LogP contribution in [0.3, 0.4) is 0 Å². The summed E-state index contributed by atoms with van der Waals surface area (Å²) in [5.74, 6) is -0.897.